The molecule has 0 aliphatic heterocycles. The van der Waals surface area contributed by atoms with Gasteiger partial charge in [0.1, 0.15) is 5.82 Å². The molecule has 0 fully saturated rings. The van der Waals surface area contributed by atoms with Gasteiger partial charge in [-0.15, -0.1) is 0 Å². The zero-order valence-electron chi connectivity index (χ0n) is 8.24. The molecule has 0 bridgehead atoms. The Morgan fingerprint density at radius 2 is 1.94 bits per heavy atom. The van der Waals surface area contributed by atoms with Crippen molar-refractivity contribution in [2.45, 2.75) is 12.6 Å². The summed E-state index contributed by atoms with van der Waals surface area (Å²) in [5, 5.41) is 2.55. The van der Waals surface area contributed by atoms with Gasteiger partial charge in [0, 0.05) is 5.02 Å². The topological polar surface area (TPSA) is 12.0 Å². The average Bonchev–Trinajstić information content (AvgIpc) is 2.16. The van der Waals surface area contributed by atoms with Crippen LogP contribution in [0.25, 0.3) is 0 Å². The first-order chi connectivity index (χ1) is 7.38. The predicted octanol–water partition coefficient (Wildman–Crippen LogP) is 3.17. The standard InChI is InChI=1S/C10H10ClF4N/c11-8-1-2-9(12)7(5-8)3-4-16-6-10(13,14)15/h1-2,5,16H,3-4,6H2. The Kier molecular flexibility index (Phi) is 4.56. The van der Waals surface area contributed by atoms with Gasteiger partial charge in [0.25, 0.3) is 0 Å². The molecule has 0 saturated carbocycles. The van der Waals surface area contributed by atoms with Crippen LogP contribution < -0.4 is 5.32 Å². The fraction of sp³-hybridized carbons (Fsp3) is 0.400. The molecule has 1 nitrogen and oxygen atoms in total. The van der Waals surface area contributed by atoms with Crippen LogP contribution in [0, 0.1) is 5.82 Å². The zero-order chi connectivity index (χ0) is 12.2. The van der Waals surface area contributed by atoms with Crippen LogP contribution in [0.2, 0.25) is 5.02 Å². The molecule has 0 spiro atoms. The summed E-state index contributed by atoms with van der Waals surface area (Å²) in [4.78, 5) is 0. The number of hydrogen-bond acceptors (Lipinski definition) is 1. The van der Waals surface area contributed by atoms with Gasteiger partial charge >= 0.3 is 6.18 Å². The molecule has 0 atom stereocenters. The van der Waals surface area contributed by atoms with Crippen LogP contribution in [0.1, 0.15) is 5.56 Å². The van der Waals surface area contributed by atoms with Crippen LogP contribution in [-0.4, -0.2) is 19.3 Å². The first kappa shape index (κ1) is 13.3. The summed E-state index contributed by atoms with van der Waals surface area (Å²) in [5.74, 6) is -0.460. The molecule has 0 heterocycles. The average molecular weight is 256 g/mol. The van der Waals surface area contributed by atoms with E-state index in [1.54, 1.807) is 0 Å². The predicted molar refractivity (Wildman–Crippen MR) is 54.0 cm³/mol. The van der Waals surface area contributed by atoms with Gasteiger partial charge in [0.05, 0.1) is 6.54 Å². The highest BCUT2D eigenvalue weighted by atomic mass is 35.5. The molecular weight excluding hydrogens is 246 g/mol. The molecule has 0 aliphatic rings. The molecule has 0 saturated heterocycles. The lowest BCUT2D eigenvalue weighted by Gasteiger charge is -2.08. The van der Waals surface area contributed by atoms with Crippen molar-refractivity contribution >= 4 is 11.6 Å². The minimum Gasteiger partial charge on any atom is -0.308 e. The van der Waals surface area contributed by atoms with E-state index in [9.17, 15) is 17.6 Å². The molecule has 0 aromatic heterocycles. The van der Waals surface area contributed by atoms with Gasteiger partial charge in [-0.3, -0.25) is 0 Å². The minimum atomic E-state index is -4.24. The van der Waals surface area contributed by atoms with Gasteiger partial charge in [-0.1, -0.05) is 11.6 Å². The molecule has 1 aromatic rings. The Hall–Kier alpha value is -0.810. The Bertz CT molecular complexity index is 351. The normalized spacial score (nSPS) is 11.8. The van der Waals surface area contributed by atoms with Crippen LogP contribution in [0.4, 0.5) is 17.6 Å². The molecular formula is C10H10ClF4N. The molecule has 0 amide bonds. The van der Waals surface area contributed by atoms with Crippen molar-refractivity contribution in [1.82, 2.24) is 5.32 Å². The van der Waals surface area contributed by atoms with E-state index < -0.39 is 18.5 Å². The number of rotatable bonds is 4. The summed E-state index contributed by atoms with van der Waals surface area (Å²) in [6, 6.07) is 4.00. The molecule has 1 rings (SSSR count). The molecule has 6 heteroatoms. The van der Waals surface area contributed by atoms with E-state index in [1.165, 1.54) is 18.2 Å². The second-order valence-electron chi connectivity index (χ2n) is 3.28. The maximum atomic E-state index is 13.1. The lowest BCUT2D eigenvalue weighted by atomic mass is 10.1. The third kappa shape index (κ3) is 4.81. The molecule has 0 aliphatic carbocycles. The second-order valence-corrected chi connectivity index (χ2v) is 3.71. The monoisotopic (exact) mass is 255 g/mol. The molecule has 0 radical (unpaired) electrons. The molecule has 0 unspecified atom stereocenters. The van der Waals surface area contributed by atoms with Crippen molar-refractivity contribution in [3.05, 3.63) is 34.6 Å². The molecule has 1 N–H and O–H groups in total. The highest BCUT2D eigenvalue weighted by Crippen LogP contribution is 2.15. The lowest BCUT2D eigenvalue weighted by Crippen LogP contribution is -2.30. The smallest absolute Gasteiger partial charge is 0.308 e. The van der Waals surface area contributed by atoms with E-state index in [-0.39, 0.29) is 13.0 Å². The van der Waals surface area contributed by atoms with Crippen molar-refractivity contribution in [1.29, 1.82) is 0 Å². The second kappa shape index (κ2) is 5.50. The third-order valence-electron chi connectivity index (χ3n) is 1.90. The Morgan fingerprint density at radius 1 is 1.25 bits per heavy atom. The molecule has 90 valence electrons. The summed E-state index contributed by atoms with van der Waals surface area (Å²) in [6.07, 6.45) is -4.07. The Labute approximate surface area is 95.4 Å². The van der Waals surface area contributed by atoms with E-state index in [1.807, 2.05) is 0 Å². The van der Waals surface area contributed by atoms with Gasteiger partial charge in [0.15, 0.2) is 0 Å². The molecule has 16 heavy (non-hydrogen) atoms. The summed E-state index contributed by atoms with van der Waals surface area (Å²) < 4.78 is 48.4. The van der Waals surface area contributed by atoms with Gasteiger partial charge in [-0.2, -0.15) is 13.2 Å². The summed E-state index contributed by atoms with van der Waals surface area (Å²) in [5.41, 5.74) is 0.308. The number of hydrogen-bond donors (Lipinski definition) is 1. The maximum Gasteiger partial charge on any atom is 0.401 e. The number of alkyl halides is 3. The fourth-order valence-electron chi connectivity index (χ4n) is 1.19. The van der Waals surface area contributed by atoms with Crippen molar-refractivity contribution in [3.8, 4) is 0 Å². The van der Waals surface area contributed by atoms with E-state index >= 15 is 0 Å². The highest BCUT2D eigenvalue weighted by Gasteiger charge is 2.25. The summed E-state index contributed by atoms with van der Waals surface area (Å²) in [7, 11) is 0. The first-order valence-electron chi connectivity index (χ1n) is 4.60. The van der Waals surface area contributed by atoms with Crippen molar-refractivity contribution < 1.29 is 17.6 Å². The van der Waals surface area contributed by atoms with E-state index in [4.69, 9.17) is 11.6 Å². The van der Waals surface area contributed by atoms with Crippen LogP contribution in [0.15, 0.2) is 18.2 Å². The van der Waals surface area contributed by atoms with Crippen LogP contribution in [-0.2, 0) is 6.42 Å². The van der Waals surface area contributed by atoms with Crippen molar-refractivity contribution in [3.63, 3.8) is 0 Å². The van der Waals surface area contributed by atoms with Gasteiger partial charge < -0.3 is 5.32 Å². The SMILES string of the molecule is Fc1ccc(Cl)cc1CCNCC(F)(F)F. The number of nitrogens with one attached hydrogen (secondary N) is 1. The van der Waals surface area contributed by atoms with Crippen LogP contribution in [0.5, 0.6) is 0 Å². The van der Waals surface area contributed by atoms with Gasteiger partial charge in [-0.05, 0) is 36.7 Å². The third-order valence-corrected chi connectivity index (χ3v) is 2.14. The summed E-state index contributed by atoms with van der Waals surface area (Å²) in [6.45, 7) is -1.02. The van der Waals surface area contributed by atoms with Crippen molar-refractivity contribution in [2.75, 3.05) is 13.1 Å². The number of halogens is 5. The largest absolute Gasteiger partial charge is 0.401 e. The van der Waals surface area contributed by atoms with Gasteiger partial charge in [0.2, 0.25) is 0 Å². The summed E-state index contributed by atoms with van der Waals surface area (Å²) >= 11 is 5.64. The number of benzene rings is 1. The van der Waals surface area contributed by atoms with Crippen LogP contribution in [0.3, 0.4) is 0 Å². The zero-order valence-corrected chi connectivity index (χ0v) is 9.00. The molecule has 1 aromatic carbocycles. The fourth-order valence-corrected chi connectivity index (χ4v) is 1.38. The minimum absolute atomic E-state index is 0.0524. The van der Waals surface area contributed by atoms with E-state index in [2.05, 4.69) is 5.32 Å². The van der Waals surface area contributed by atoms with E-state index in [0.29, 0.717) is 10.6 Å². The highest BCUT2D eigenvalue weighted by molar-refractivity contribution is 6.30. The van der Waals surface area contributed by atoms with Gasteiger partial charge in [-0.25, -0.2) is 4.39 Å². The van der Waals surface area contributed by atoms with Crippen LogP contribution >= 0.6 is 11.6 Å². The Morgan fingerprint density at radius 3 is 2.56 bits per heavy atom. The van der Waals surface area contributed by atoms with E-state index in [0.717, 1.165) is 0 Å². The quantitative estimate of drug-likeness (QED) is 0.644. The van der Waals surface area contributed by atoms with Crippen molar-refractivity contribution in [2.24, 2.45) is 0 Å². The maximum absolute atomic E-state index is 13.1. The lowest BCUT2D eigenvalue weighted by molar-refractivity contribution is -0.124. The first-order valence-corrected chi connectivity index (χ1v) is 4.98. The Balaban J connectivity index is 2.40.